The Bertz CT molecular complexity index is 845. The zero-order valence-corrected chi connectivity index (χ0v) is 11.0. The molecule has 0 aliphatic heterocycles. The van der Waals surface area contributed by atoms with E-state index in [1.165, 1.54) is 30.3 Å². The molecule has 0 unspecified atom stereocenters. The monoisotopic (exact) mass is 306 g/mol. The largest absolute Gasteiger partial charge is 0.478 e. The number of alkyl halides is 3. The summed E-state index contributed by atoms with van der Waals surface area (Å²) in [5, 5.41) is 9.52. The molecule has 6 heteroatoms. The topological polar surface area (TPSA) is 50.4 Å². The van der Waals surface area contributed by atoms with Gasteiger partial charge in [-0.15, -0.1) is 0 Å². The van der Waals surface area contributed by atoms with Crippen molar-refractivity contribution in [3.63, 3.8) is 0 Å². The average Bonchev–Trinajstić information content (AvgIpc) is 2.89. The highest BCUT2D eigenvalue weighted by molar-refractivity contribution is 5.94. The number of furan rings is 1. The number of carboxylic acids is 1. The molecule has 0 saturated heterocycles. The van der Waals surface area contributed by atoms with E-state index in [1.807, 2.05) is 0 Å². The molecule has 0 radical (unpaired) electrons. The van der Waals surface area contributed by atoms with Gasteiger partial charge in [0.05, 0.1) is 11.1 Å². The molecular formula is C16H9F3O3. The van der Waals surface area contributed by atoms with Crippen LogP contribution in [0.1, 0.15) is 15.9 Å². The maximum absolute atomic E-state index is 12.5. The number of carbonyl (C=O) groups is 1. The van der Waals surface area contributed by atoms with Crippen molar-refractivity contribution in [1.29, 1.82) is 0 Å². The van der Waals surface area contributed by atoms with E-state index in [9.17, 15) is 18.0 Å². The summed E-state index contributed by atoms with van der Waals surface area (Å²) < 4.78 is 43.1. The predicted molar refractivity (Wildman–Crippen MR) is 73.6 cm³/mol. The Kier molecular flexibility index (Phi) is 3.16. The van der Waals surface area contributed by atoms with E-state index in [1.54, 1.807) is 6.07 Å². The summed E-state index contributed by atoms with van der Waals surface area (Å²) in [7, 11) is 0. The molecule has 1 N–H and O–H groups in total. The molecule has 112 valence electrons. The fourth-order valence-electron chi connectivity index (χ4n) is 2.14. The van der Waals surface area contributed by atoms with Gasteiger partial charge in [0, 0.05) is 10.9 Å². The molecule has 1 aromatic heterocycles. The molecule has 0 aliphatic rings. The maximum atomic E-state index is 12.5. The number of benzene rings is 2. The number of hydrogen-bond acceptors (Lipinski definition) is 2. The molecule has 0 spiro atoms. The molecule has 0 atom stereocenters. The Morgan fingerprint density at radius 1 is 1.00 bits per heavy atom. The molecule has 3 aromatic rings. The summed E-state index contributed by atoms with van der Waals surface area (Å²) in [5.41, 5.74) is 0.341. The normalized spacial score (nSPS) is 11.8. The van der Waals surface area contributed by atoms with Crippen LogP contribution >= 0.6 is 0 Å². The molecule has 0 aliphatic carbocycles. The lowest BCUT2D eigenvalue weighted by Crippen LogP contribution is -2.03. The number of halogens is 3. The van der Waals surface area contributed by atoms with Gasteiger partial charge >= 0.3 is 12.1 Å². The molecule has 0 bridgehead atoms. The van der Waals surface area contributed by atoms with Crippen molar-refractivity contribution >= 4 is 16.9 Å². The van der Waals surface area contributed by atoms with Crippen LogP contribution in [0.4, 0.5) is 13.2 Å². The zero-order valence-electron chi connectivity index (χ0n) is 11.0. The lowest BCUT2D eigenvalue weighted by atomic mass is 10.1. The molecule has 0 amide bonds. The first kappa shape index (κ1) is 14.2. The summed E-state index contributed by atoms with van der Waals surface area (Å²) in [5.74, 6) is -0.676. The van der Waals surface area contributed by atoms with Crippen molar-refractivity contribution in [2.24, 2.45) is 0 Å². The van der Waals surface area contributed by atoms with Gasteiger partial charge in [-0.2, -0.15) is 13.2 Å². The number of fused-ring (bicyclic) bond motifs is 1. The van der Waals surface area contributed by atoms with Crippen LogP contribution in [0.3, 0.4) is 0 Å². The Morgan fingerprint density at radius 3 is 2.27 bits per heavy atom. The first-order valence-corrected chi connectivity index (χ1v) is 6.29. The number of rotatable bonds is 2. The van der Waals surface area contributed by atoms with Gasteiger partial charge in [0.2, 0.25) is 0 Å². The van der Waals surface area contributed by atoms with Gasteiger partial charge in [-0.25, -0.2) is 4.79 Å². The third kappa shape index (κ3) is 2.55. The maximum Gasteiger partial charge on any atom is 0.416 e. The van der Waals surface area contributed by atoms with E-state index in [2.05, 4.69) is 0 Å². The third-order valence-corrected chi connectivity index (χ3v) is 3.26. The summed E-state index contributed by atoms with van der Waals surface area (Å²) in [4.78, 5) is 10.9. The third-order valence-electron chi connectivity index (χ3n) is 3.26. The molecule has 2 aromatic carbocycles. The molecule has 3 rings (SSSR count). The smallest absolute Gasteiger partial charge is 0.416 e. The van der Waals surface area contributed by atoms with Crippen LogP contribution in [-0.2, 0) is 6.18 Å². The zero-order chi connectivity index (χ0) is 15.9. The highest BCUT2D eigenvalue weighted by Gasteiger charge is 2.30. The van der Waals surface area contributed by atoms with Crippen molar-refractivity contribution in [2.75, 3.05) is 0 Å². The van der Waals surface area contributed by atoms with Crippen molar-refractivity contribution in [3.8, 4) is 11.3 Å². The van der Waals surface area contributed by atoms with Gasteiger partial charge in [0.25, 0.3) is 0 Å². The quantitative estimate of drug-likeness (QED) is 0.738. The number of aromatic carboxylic acids is 1. The van der Waals surface area contributed by atoms with Crippen LogP contribution in [0.5, 0.6) is 0 Å². The Labute approximate surface area is 122 Å². The standard InChI is InChI=1S/C16H9F3O3/c17-16(18,19)12-4-1-9(2-5-12)14-8-11-7-10(15(20)21)3-6-13(11)22-14/h1-8H,(H,20,21). The van der Waals surface area contributed by atoms with Crippen molar-refractivity contribution in [3.05, 3.63) is 59.7 Å². The molecule has 22 heavy (non-hydrogen) atoms. The van der Waals surface area contributed by atoms with Gasteiger partial charge in [0.15, 0.2) is 0 Å². The van der Waals surface area contributed by atoms with E-state index in [-0.39, 0.29) is 5.56 Å². The van der Waals surface area contributed by atoms with Gasteiger partial charge in [0.1, 0.15) is 11.3 Å². The predicted octanol–water partition coefficient (Wildman–Crippen LogP) is 4.82. The van der Waals surface area contributed by atoms with E-state index in [0.29, 0.717) is 22.3 Å². The first-order chi connectivity index (χ1) is 10.3. The van der Waals surface area contributed by atoms with E-state index >= 15 is 0 Å². The van der Waals surface area contributed by atoms with Crippen LogP contribution in [0.15, 0.2) is 52.9 Å². The molecular weight excluding hydrogens is 297 g/mol. The second-order valence-corrected chi connectivity index (χ2v) is 4.74. The van der Waals surface area contributed by atoms with Crippen LogP contribution in [0, 0.1) is 0 Å². The SMILES string of the molecule is O=C(O)c1ccc2oc(-c3ccc(C(F)(F)F)cc3)cc2c1. The van der Waals surface area contributed by atoms with Crippen molar-refractivity contribution < 1.29 is 27.5 Å². The van der Waals surface area contributed by atoms with Crippen LogP contribution < -0.4 is 0 Å². The lowest BCUT2D eigenvalue weighted by molar-refractivity contribution is -0.137. The van der Waals surface area contributed by atoms with E-state index < -0.39 is 17.7 Å². The first-order valence-electron chi connectivity index (χ1n) is 6.29. The molecule has 0 fully saturated rings. The van der Waals surface area contributed by atoms with Crippen LogP contribution in [0.25, 0.3) is 22.3 Å². The highest BCUT2D eigenvalue weighted by Crippen LogP contribution is 2.33. The fraction of sp³-hybridized carbons (Fsp3) is 0.0625. The second kappa shape index (κ2) is 4.91. The summed E-state index contributed by atoms with van der Waals surface area (Å²) in [6.07, 6.45) is -4.39. The summed E-state index contributed by atoms with van der Waals surface area (Å²) in [6, 6.07) is 10.6. The Hall–Kier alpha value is -2.76. The molecule has 0 saturated carbocycles. The fourth-order valence-corrected chi connectivity index (χ4v) is 2.14. The molecule has 1 heterocycles. The van der Waals surface area contributed by atoms with Gasteiger partial charge in [-0.05, 0) is 36.4 Å². The van der Waals surface area contributed by atoms with Crippen LogP contribution in [-0.4, -0.2) is 11.1 Å². The summed E-state index contributed by atoms with van der Waals surface area (Å²) >= 11 is 0. The Balaban J connectivity index is 2.01. The van der Waals surface area contributed by atoms with E-state index in [4.69, 9.17) is 9.52 Å². The summed E-state index contributed by atoms with van der Waals surface area (Å²) in [6.45, 7) is 0. The Morgan fingerprint density at radius 2 is 1.68 bits per heavy atom. The van der Waals surface area contributed by atoms with Gasteiger partial charge < -0.3 is 9.52 Å². The number of carboxylic acid groups (broad SMARTS) is 1. The minimum atomic E-state index is -4.39. The van der Waals surface area contributed by atoms with Crippen molar-refractivity contribution in [2.45, 2.75) is 6.18 Å². The highest BCUT2D eigenvalue weighted by atomic mass is 19.4. The average molecular weight is 306 g/mol. The van der Waals surface area contributed by atoms with Crippen LogP contribution in [0.2, 0.25) is 0 Å². The minimum Gasteiger partial charge on any atom is -0.478 e. The van der Waals surface area contributed by atoms with Crippen molar-refractivity contribution in [1.82, 2.24) is 0 Å². The lowest BCUT2D eigenvalue weighted by Gasteiger charge is -2.06. The van der Waals surface area contributed by atoms with E-state index in [0.717, 1.165) is 12.1 Å². The number of hydrogen-bond donors (Lipinski definition) is 1. The minimum absolute atomic E-state index is 0.118. The second-order valence-electron chi connectivity index (χ2n) is 4.74. The molecule has 3 nitrogen and oxygen atoms in total. The van der Waals surface area contributed by atoms with Gasteiger partial charge in [-0.1, -0.05) is 12.1 Å². The van der Waals surface area contributed by atoms with Gasteiger partial charge in [-0.3, -0.25) is 0 Å².